The Kier molecular flexibility index (Phi) is 6.39. The second-order valence-corrected chi connectivity index (χ2v) is 6.57. The summed E-state index contributed by atoms with van der Waals surface area (Å²) in [6, 6.07) is 11.5. The standard InChI is InChI=1S/C19H21N3OS/c1-13-10-18(22-14(2)17(13)12-20)15-6-4-7-16(11-15)19(23)21-8-5-9-24-3/h4,6-7,10-11H,5,8-9H2,1-3H3,(H,21,23). The van der Waals surface area contributed by atoms with Gasteiger partial charge in [-0.25, -0.2) is 0 Å². The summed E-state index contributed by atoms with van der Waals surface area (Å²) in [6.07, 6.45) is 3.02. The average Bonchev–Trinajstić information content (AvgIpc) is 2.58. The number of hydrogen-bond donors (Lipinski definition) is 1. The SMILES string of the molecule is CSCCCNC(=O)c1cccc(-c2cc(C)c(C#N)c(C)n2)c1. The number of thioether (sulfide) groups is 1. The van der Waals surface area contributed by atoms with Crippen LogP contribution >= 0.6 is 11.8 Å². The van der Waals surface area contributed by atoms with Crippen LogP contribution < -0.4 is 5.32 Å². The molecule has 0 spiro atoms. The van der Waals surface area contributed by atoms with Crippen LogP contribution in [0.3, 0.4) is 0 Å². The van der Waals surface area contributed by atoms with Crippen molar-refractivity contribution in [2.24, 2.45) is 0 Å². The van der Waals surface area contributed by atoms with Crippen LogP contribution in [0.2, 0.25) is 0 Å². The molecule has 0 aliphatic rings. The first-order chi connectivity index (χ1) is 11.6. The van der Waals surface area contributed by atoms with Gasteiger partial charge in [0.1, 0.15) is 6.07 Å². The van der Waals surface area contributed by atoms with Crippen LogP contribution in [0.25, 0.3) is 11.3 Å². The molecule has 0 unspecified atom stereocenters. The number of nitrogens with one attached hydrogen (secondary N) is 1. The average molecular weight is 339 g/mol. The molecule has 0 atom stereocenters. The summed E-state index contributed by atoms with van der Waals surface area (Å²) >= 11 is 1.77. The number of aryl methyl sites for hydroxylation is 2. The van der Waals surface area contributed by atoms with Gasteiger partial charge in [0.2, 0.25) is 0 Å². The maximum atomic E-state index is 12.2. The van der Waals surface area contributed by atoms with E-state index < -0.39 is 0 Å². The van der Waals surface area contributed by atoms with E-state index in [1.807, 2.05) is 38.1 Å². The Bertz CT molecular complexity index is 757. The lowest BCUT2D eigenvalue weighted by Gasteiger charge is -2.09. The smallest absolute Gasteiger partial charge is 0.251 e. The minimum atomic E-state index is -0.0694. The summed E-state index contributed by atoms with van der Waals surface area (Å²) in [7, 11) is 0. The van der Waals surface area contributed by atoms with Crippen LogP contribution in [-0.4, -0.2) is 29.4 Å². The number of carbonyl (C=O) groups is 1. The highest BCUT2D eigenvalue weighted by atomic mass is 32.2. The Morgan fingerprint density at radius 1 is 1.33 bits per heavy atom. The van der Waals surface area contributed by atoms with Crippen LogP contribution in [0.5, 0.6) is 0 Å². The number of benzene rings is 1. The molecule has 0 aliphatic heterocycles. The van der Waals surface area contributed by atoms with Gasteiger partial charge in [-0.2, -0.15) is 17.0 Å². The molecule has 1 aromatic heterocycles. The molecular formula is C19H21N3OS. The zero-order valence-electron chi connectivity index (χ0n) is 14.2. The number of nitrogens with zero attached hydrogens (tertiary/aromatic N) is 2. The number of nitriles is 1. The van der Waals surface area contributed by atoms with Crippen molar-refractivity contribution in [3.8, 4) is 17.3 Å². The van der Waals surface area contributed by atoms with Gasteiger partial charge in [-0.1, -0.05) is 12.1 Å². The molecule has 5 heteroatoms. The van der Waals surface area contributed by atoms with Crippen molar-refractivity contribution in [1.82, 2.24) is 10.3 Å². The lowest BCUT2D eigenvalue weighted by molar-refractivity contribution is 0.0954. The molecule has 4 nitrogen and oxygen atoms in total. The van der Waals surface area contributed by atoms with E-state index in [1.165, 1.54) is 0 Å². The third kappa shape index (κ3) is 4.36. The molecule has 0 saturated carbocycles. The lowest BCUT2D eigenvalue weighted by Crippen LogP contribution is -2.24. The monoisotopic (exact) mass is 339 g/mol. The molecule has 1 heterocycles. The van der Waals surface area contributed by atoms with E-state index in [0.717, 1.165) is 29.0 Å². The van der Waals surface area contributed by atoms with Gasteiger partial charge >= 0.3 is 0 Å². The van der Waals surface area contributed by atoms with Gasteiger partial charge in [0.25, 0.3) is 5.91 Å². The van der Waals surface area contributed by atoms with Crippen LogP contribution in [0, 0.1) is 25.2 Å². The van der Waals surface area contributed by atoms with Crippen LogP contribution in [0.4, 0.5) is 0 Å². The number of pyridine rings is 1. The molecule has 2 rings (SSSR count). The third-order valence-electron chi connectivity index (χ3n) is 3.74. The van der Waals surface area contributed by atoms with E-state index in [2.05, 4.69) is 22.6 Å². The Labute approximate surface area is 147 Å². The van der Waals surface area contributed by atoms with E-state index >= 15 is 0 Å². The van der Waals surface area contributed by atoms with Gasteiger partial charge in [-0.3, -0.25) is 9.78 Å². The summed E-state index contributed by atoms with van der Waals surface area (Å²) < 4.78 is 0. The zero-order valence-corrected chi connectivity index (χ0v) is 15.0. The lowest BCUT2D eigenvalue weighted by atomic mass is 10.0. The summed E-state index contributed by atoms with van der Waals surface area (Å²) in [5, 5.41) is 12.1. The Hall–Kier alpha value is -2.32. The summed E-state index contributed by atoms with van der Waals surface area (Å²) in [5.74, 6) is 0.966. The molecule has 2 aromatic rings. The Morgan fingerprint density at radius 2 is 2.12 bits per heavy atom. The number of aromatic nitrogens is 1. The quantitative estimate of drug-likeness (QED) is 0.815. The maximum Gasteiger partial charge on any atom is 0.251 e. The second kappa shape index (κ2) is 8.51. The van der Waals surface area contributed by atoms with Crippen LogP contribution in [0.1, 0.15) is 33.6 Å². The van der Waals surface area contributed by atoms with E-state index in [-0.39, 0.29) is 5.91 Å². The molecule has 1 aromatic carbocycles. The number of hydrogen-bond acceptors (Lipinski definition) is 4. The van der Waals surface area contributed by atoms with Crippen LogP contribution in [-0.2, 0) is 0 Å². The van der Waals surface area contributed by atoms with Gasteiger partial charge < -0.3 is 5.32 Å². The molecule has 1 amide bonds. The van der Waals surface area contributed by atoms with Crippen molar-refractivity contribution in [1.29, 1.82) is 5.26 Å². The molecule has 1 N–H and O–H groups in total. The predicted molar refractivity (Wildman–Crippen MR) is 99.2 cm³/mol. The molecular weight excluding hydrogens is 318 g/mol. The third-order valence-corrected chi connectivity index (χ3v) is 4.44. The van der Waals surface area contributed by atoms with E-state index in [1.54, 1.807) is 17.8 Å². The highest BCUT2D eigenvalue weighted by Gasteiger charge is 2.10. The van der Waals surface area contributed by atoms with Crippen LogP contribution in [0.15, 0.2) is 30.3 Å². The number of carbonyl (C=O) groups excluding carboxylic acids is 1. The van der Waals surface area contributed by atoms with E-state index in [4.69, 9.17) is 5.26 Å². The van der Waals surface area contributed by atoms with Crippen molar-refractivity contribution in [3.05, 3.63) is 52.7 Å². The Balaban J connectivity index is 2.22. The molecule has 0 radical (unpaired) electrons. The van der Waals surface area contributed by atoms with Gasteiger partial charge in [0.15, 0.2) is 0 Å². The second-order valence-electron chi connectivity index (χ2n) is 5.58. The highest BCUT2D eigenvalue weighted by Crippen LogP contribution is 2.22. The Morgan fingerprint density at radius 3 is 2.79 bits per heavy atom. The van der Waals surface area contributed by atoms with Crippen molar-refractivity contribution < 1.29 is 4.79 Å². The van der Waals surface area contributed by atoms with Gasteiger partial charge in [-0.05, 0) is 56.0 Å². The molecule has 124 valence electrons. The summed E-state index contributed by atoms with van der Waals surface area (Å²) in [4.78, 5) is 16.7. The fraction of sp³-hybridized carbons (Fsp3) is 0.316. The van der Waals surface area contributed by atoms with E-state index in [9.17, 15) is 4.79 Å². The first-order valence-electron chi connectivity index (χ1n) is 7.82. The minimum Gasteiger partial charge on any atom is -0.352 e. The first kappa shape index (κ1) is 18.0. The molecule has 0 fully saturated rings. The first-order valence-corrected chi connectivity index (χ1v) is 9.22. The molecule has 0 aliphatic carbocycles. The number of rotatable bonds is 6. The maximum absolute atomic E-state index is 12.2. The zero-order chi connectivity index (χ0) is 17.5. The topological polar surface area (TPSA) is 65.8 Å². The van der Waals surface area contributed by atoms with Crippen molar-refractivity contribution in [2.45, 2.75) is 20.3 Å². The largest absolute Gasteiger partial charge is 0.352 e. The highest BCUT2D eigenvalue weighted by molar-refractivity contribution is 7.98. The molecule has 0 bridgehead atoms. The fourth-order valence-electron chi connectivity index (χ4n) is 2.49. The van der Waals surface area contributed by atoms with Gasteiger partial charge in [-0.15, -0.1) is 0 Å². The predicted octanol–water partition coefficient (Wildman–Crippen LogP) is 3.72. The van der Waals surface area contributed by atoms with Crippen molar-refractivity contribution in [2.75, 3.05) is 18.6 Å². The van der Waals surface area contributed by atoms with E-state index in [0.29, 0.717) is 23.4 Å². The van der Waals surface area contributed by atoms with Crippen molar-refractivity contribution >= 4 is 17.7 Å². The molecule has 24 heavy (non-hydrogen) atoms. The van der Waals surface area contributed by atoms with Gasteiger partial charge in [0.05, 0.1) is 17.0 Å². The minimum absolute atomic E-state index is 0.0694. The normalized spacial score (nSPS) is 10.2. The summed E-state index contributed by atoms with van der Waals surface area (Å²) in [6.45, 7) is 4.41. The summed E-state index contributed by atoms with van der Waals surface area (Å²) in [5.41, 5.74) is 4.49. The fourth-order valence-corrected chi connectivity index (χ4v) is 2.92. The molecule has 0 saturated heterocycles. The van der Waals surface area contributed by atoms with Gasteiger partial charge in [0, 0.05) is 17.7 Å². The number of amides is 1. The van der Waals surface area contributed by atoms with Crippen molar-refractivity contribution in [3.63, 3.8) is 0 Å².